The Balaban J connectivity index is 1.56. The van der Waals surface area contributed by atoms with Crippen LogP contribution >= 0.6 is 0 Å². The molecule has 0 aliphatic rings. The number of rotatable bonds is 13. The average molecular weight is 699 g/mol. The lowest BCUT2D eigenvalue weighted by Gasteiger charge is -2.37. The van der Waals surface area contributed by atoms with Gasteiger partial charge in [-0.05, 0) is 54.8 Å². The van der Waals surface area contributed by atoms with E-state index < -0.39 is 35.7 Å². The maximum atomic E-state index is 14.5. The minimum atomic E-state index is -5.89. The van der Waals surface area contributed by atoms with Crippen LogP contribution in [0.15, 0.2) is 108 Å². The Bertz CT molecular complexity index is 1950. The maximum Gasteiger partial charge on any atom is 0.430 e. The van der Waals surface area contributed by atoms with Gasteiger partial charge in [0, 0.05) is 18.4 Å². The van der Waals surface area contributed by atoms with Crippen molar-refractivity contribution in [2.24, 2.45) is 0 Å². The number of hydrogen-bond acceptors (Lipinski definition) is 6. The number of carbonyl (C=O) groups is 1. The molecule has 0 atom stereocenters. The van der Waals surface area contributed by atoms with E-state index in [9.17, 15) is 35.9 Å². The number of halogens is 6. The zero-order valence-electron chi connectivity index (χ0n) is 26.8. The highest BCUT2D eigenvalue weighted by Gasteiger charge is 2.73. The SMILES string of the molecule is CCOC(=O)CCCOc1ccc2nc(Cc3ccccc3)n(-c3ccc(C(OCc4ccccc4)(C(F)(F)F)C(F)(F)F)cc3)c(=O)c2c1. The second kappa shape index (κ2) is 15.2. The predicted octanol–water partition coefficient (Wildman–Crippen LogP) is 8.24. The number of fused-ring (bicyclic) bond motifs is 1. The van der Waals surface area contributed by atoms with Crippen molar-refractivity contribution in [2.75, 3.05) is 13.2 Å². The molecule has 0 radical (unpaired) electrons. The third-order valence-electron chi connectivity index (χ3n) is 7.84. The lowest BCUT2D eigenvalue weighted by Crippen LogP contribution is -2.55. The number of alkyl halides is 6. The van der Waals surface area contributed by atoms with E-state index in [2.05, 4.69) is 4.98 Å². The molecule has 0 spiro atoms. The van der Waals surface area contributed by atoms with Crippen LogP contribution in [0.4, 0.5) is 26.3 Å². The highest BCUT2D eigenvalue weighted by molar-refractivity contribution is 5.79. The zero-order chi connectivity index (χ0) is 35.9. The van der Waals surface area contributed by atoms with Gasteiger partial charge in [-0.1, -0.05) is 72.8 Å². The van der Waals surface area contributed by atoms with Crippen LogP contribution < -0.4 is 10.3 Å². The van der Waals surface area contributed by atoms with Gasteiger partial charge in [0.25, 0.3) is 11.2 Å². The summed E-state index contributed by atoms with van der Waals surface area (Å²) in [6.07, 6.45) is -11.2. The molecule has 0 unspecified atom stereocenters. The Labute approximate surface area is 283 Å². The second-order valence-electron chi connectivity index (χ2n) is 11.3. The number of hydrogen-bond donors (Lipinski definition) is 0. The van der Waals surface area contributed by atoms with Crippen LogP contribution in [0.25, 0.3) is 16.6 Å². The molecule has 1 aromatic heterocycles. The summed E-state index contributed by atoms with van der Waals surface area (Å²) in [4.78, 5) is 30.4. The fourth-order valence-electron chi connectivity index (χ4n) is 5.45. The van der Waals surface area contributed by atoms with E-state index in [-0.39, 0.29) is 54.5 Å². The molecular formula is C37H32F6N2O5. The molecule has 0 saturated heterocycles. The van der Waals surface area contributed by atoms with Crippen LogP contribution in [-0.2, 0) is 32.9 Å². The molecule has 1 heterocycles. The van der Waals surface area contributed by atoms with Gasteiger partial charge in [-0.25, -0.2) is 4.98 Å². The molecule has 0 N–H and O–H groups in total. The molecule has 0 aliphatic carbocycles. The van der Waals surface area contributed by atoms with E-state index >= 15 is 0 Å². The molecule has 5 rings (SSSR count). The van der Waals surface area contributed by atoms with Crippen LogP contribution in [0, 0.1) is 0 Å². The largest absolute Gasteiger partial charge is 0.494 e. The minimum Gasteiger partial charge on any atom is -0.494 e. The van der Waals surface area contributed by atoms with Crippen LogP contribution in [-0.4, -0.2) is 41.1 Å². The van der Waals surface area contributed by atoms with Gasteiger partial charge >= 0.3 is 18.3 Å². The van der Waals surface area contributed by atoms with Crippen molar-refractivity contribution in [2.45, 2.75) is 50.7 Å². The first-order chi connectivity index (χ1) is 23.8. The molecule has 50 heavy (non-hydrogen) atoms. The number of benzene rings is 4. The molecule has 0 fully saturated rings. The smallest absolute Gasteiger partial charge is 0.430 e. The average Bonchev–Trinajstić information content (AvgIpc) is 3.07. The summed E-state index contributed by atoms with van der Waals surface area (Å²) in [5, 5.41) is 0.0971. The first-order valence-corrected chi connectivity index (χ1v) is 15.6. The maximum absolute atomic E-state index is 14.5. The number of esters is 1. The summed E-state index contributed by atoms with van der Waals surface area (Å²) in [5.74, 6) is 0.126. The third kappa shape index (κ3) is 7.83. The fourth-order valence-corrected chi connectivity index (χ4v) is 5.45. The van der Waals surface area contributed by atoms with Gasteiger partial charge in [0.15, 0.2) is 0 Å². The van der Waals surface area contributed by atoms with Crippen LogP contribution in [0.5, 0.6) is 5.75 Å². The van der Waals surface area contributed by atoms with Crippen molar-refractivity contribution in [3.63, 3.8) is 0 Å². The Kier molecular flexibility index (Phi) is 11.0. The molecule has 0 amide bonds. The summed E-state index contributed by atoms with van der Waals surface area (Å²) < 4.78 is 104. The highest BCUT2D eigenvalue weighted by atomic mass is 19.4. The van der Waals surface area contributed by atoms with Gasteiger partial charge in [0.05, 0.1) is 36.4 Å². The van der Waals surface area contributed by atoms with Crippen molar-refractivity contribution in [1.82, 2.24) is 9.55 Å². The van der Waals surface area contributed by atoms with Crippen LogP contribution in [0.3, 0.4) is 0 Å². The monoisotopic (exact) mass is 698 g/mol. The van der Waals surface area contributed by atoms with Gasteiger partial charge in [0.1, 0.15) is 11.6 Å². The summed E-state index contributed by atoms with van der Waals surface area (Å²) in [6.45, 7) is 1.13. The predicted molar refractivity (Wildman–Crippen MR) is 173 cm³/mol. The lowest BCUT2D eigenvalue weighted by molar-refractivity contribution is -0.392. The zero-order valence-corrected chi connectivity index (χ0v) is 26.8. The minimum absolute atomic E-state index is 0.0128. The molecule has 13 heteroatoms. The van der Waals surface area contributed by atoms with Crippen molar-refractivity contribution >= 4 is 16.9 Å². The Morgan fingerprint density at radius 3 is 2.02 bits per heavy atom. The molecule has 7 nitrogen and oxygen atoms in total. The van der Waals surface area contributed by atoms with Gasteiger partial charge in [-0.3, -0.25) is 14.2 Å². The fraction of sp³-hybridized carbons (Fsp3) is 0.270. The second-order valence-corrected chi connectivity index (χ2v) is 11.3. The lowest BCUT2D eigenvalue weighted by atomic mass is 9.91. The quantitative estimate of drug-likeness (QED) is 0.0701. The van der Waals surface area contributed by atoms with Crippen molar-refractivity contribution < 1.29 is 45.3 Å². The van der Waals surface area contributed by atoms with Crippen molar-refractivity contribution in [1.29, 1.82) is 0 Å². The Hall–Kier alpha value is -5.17. The topological polar surface area (TPSA) is 79.7 Å². The van der Waals surface area contributed by atoms with E-state index in [0.29, 0.717) is 29.8 Å². The molecule has 5 aromatic rings. The number of carbonyl (C=O) groups excluding carboxylic acids is 1. The molecule has 0 aliphatic heterocycles. The number of aromatic nitrogens is 2. The standard InChI is InChI=1S/C37H32F6N2O5/c1-2-48-33(46)14-9-21-49-29-19-20-31-30(23-29)34(47)45(32(44-31)22-25-10-5-3-6-11-25)28-17-15-27(16-18-28)35(36(38,39)40,37(41,42)43)50-24-26-12-7-4-8-13-26/h3-8,10-13,15-20,23H,2,9,14,21-22,24H2,1H3. The third-order valence-corrected chi connectivity index (χ3v) is 7.84. The summed E-state index contributed by atoms with van der Waals surface area (Å²) in [6, 6.07) is 24.1. The first-order valence-electron chi connectivity index (χ1n) is 15.6. The van der Waals surface area contributed by atoms with Crippen LogP contribution in [0.2, 0.25) is 0 Å². The Morgan fingerprint density at radius 2 is 1.42 bits per heavy atom. The number of ether oxygens (including phenoxy) is 3. The first kappa shape index (κ1) is 36.1. The number of nitrogens with zero attached hydrogens (tertiary/aromatic N) is 2. The molecule has 262 valence electrons. The normalized spacial score (nSPS) is 12.2. The van der Waals surface area contributed by atoms with Crippen LogP contribution in [0.1, 0.15) is 42.3 Å². The van der Waals surface area contributed by atoms with Gasteiger partial charge in [0.2, 0.25) is 0 Å². The molecule has 4 aromatic carbocycles. The molecule has 0 saturated carbocycles. The van der Waals surface area contributed by atoms with Gasteiger partial charge in [-0.2, -0.15) is 26.3 Å². The van der Waals surface area contributed by atoms with Gasteiger partial charge < -0.3 is 14.2 Å². The highest BCUT2D eigenvalue weighted by Crippen LogP contribution is 2.53. The summed E-state index contributed by atoms with van der Waals surface area (Å²) in [5.41, 5.74) is -5.33. The van der Waals surface area contributed by atoms with Gasteiger partial charge in [-0.15, -0.1) is 0 Å². The van der Waals surface area contributed by atoms with E-state index in [1.165, 1.54) is 30.3 Å². The van der Waals surface area contributed by atoms with E-state index in [4.69, 9.17) is 14.2 Å². The van der Waals surface area contributed by atoms with Crippen molar-refractivity contribution in [3.8, 4) is 11.4 Å². The molecular weight excluding hydrogens is 666 g/mol. The van der Waals surface area contributed by atoms with Crippen molar-refractivity contribution in [3.05, 3.63) is 136 Å². The van der Waals surface area contributed by atoms with E-state index in [1.807, 2.05) is 0 Å². The van der Waals surface area contributed by atoms with E-state index in [1.54, 1.807) is 55.5 Å². The summed E-state index contributed by atoms with van der Waals surface area (Å²) in [7, 11) is 0. The summed E-state index contributed by atoms with van der Waals surface area (Å²) >= 11 is 0. The van der Waals surface area contributed by atoms with E-state index in [0.717, 1.165) is 22.3 Å². The Morgan fingerprint density at radius 1 is 0.800 bits per heavy atom. The molecule has 0 bridgehead atoms.